The largest absolute Gasteiger partial charge is 0.322 e. The summed E-state index contributed by atoms with van der Waals surface area (Å²) in [5, 5.41) is 14.3. The number of pyridine rings is 1. The molecule has 1 atom stereocenters. The highest BCUT2D eigenvalue weighted by atomic mass is 16.1. The van der Waals surface area contributed by atoms with Gasteiger partial charge >= 0.3 is 0 Å². The SMILES string of the molecule is Cc1cc2cc(C(c3nnnn3C3CCCC3)N(CCc3ccccc3)Cc3ccccc3)c(=O)[nH]c2cc1C. The van der Waals surface area contributed by atoms with Crippen LogP contribution in [0.15, 0.2) is 83.7 Å². The number of aromatic amines is 1. The Balaban J connectivity index is 1.50. The number of H-pyrrole nitrogens is 1. The zero-order valence-electron chi connectivity index (χ0n) is 23.3. The van der Waals surface area contributed by atoms with E-state index < -0.39 is 6.04 Å². The van der Waals surface area contributed by atoms with E-state index in [2.05, 4.69) is 106 Å². The van der Waals surface area contributed by atoms with Gasteiger partial charge in [-0.15, -0.1) is 5.10 Å². The van der Waals surface area contributed by atoms with E-state index in [9.17, 15) is 4.79 Å². The average Bonchev–Trinajstić information content (AvgIpc) is 3.67. The van der Waals surface area contributed by atoms with Crippen molar-refractivity contribution >= 4 is 10.9 Å². The predicted octanol–water partition coefficient (Wildman–Crippen LogP) is 6.08. The molecule has 5 aromatic rings. The van der Waals surface area contributed by atoms with Crippen molar-refractivity contribution in [2.45, 2.75) is 64.6 Å². The Morgan fingerprint density at radius 2 is 1.60 bits per heavy atom. The molecule has 0 spiro atoms. The second-order valence-corrected chi connectivity index (χ2v) is 11.1. The number of nitrogens with zero attached hydrogens (tertiary/aromatic N) is 5. The van der Waals surface area contributed by atoms with Crippen LogP contribution in [-0.2, 0) is 13.0 Å². The molecule has 3 aromatic carbocycles. The highest BCUT2D eigenvalue weighted by Gasteiger charge is 2.33. The van der Waals surface area contributed by atoms with Crippen LogP contribution in [0.3, 0.4) is 0 Å². The Kier molecular flexibility index (Phi) is 7.55. The summed E-state index contributed by atoms with van der Waals surface area (Å²) in [6, 6.07) is 27.1. The predicted molar refractivity (Wildman–Crippen MR) is 158 cm³/mol. The Morgan fingerprint density at radius 3 is 2.33 bits per heavy atom. The van der Waals surface area contributed by atoms with Gasteiger partial charge in [0, 0.05) is 24.2 Å². The fourth-order valence-corrected chi connectivity index (χ4v) is 6.02. The lowest BCUT2D eigenvalue weighted by Crippen LogP contribution is -2.36. The number of aromatic nitrogens is 5. The molecule has 204 valence electrons. The van der Waals surface area contributed by atoms with Crippen molar-refractivity contribution in [2.75, 3.05) is 6.54 Å². The molecule has 2 aromatic heterocycles. The van der Waals surface area contributed by atoms with Gasteiger partial charge in [-0.25, -0.2) is 4.68 Å². The van der Waals surface area contributed by atoms with E-state index in [0.717, 1.165) is 48.1 Å². The van der Waals surface area contributed by atoms with Gasteiger partial charge in [-0.2, -0.15) is 0 Å². The number of nitrogens with one attached hydrogen (secondary N) is 1. The summed E-state index contributed by atoms with van der Waals surface area (Å²) >= 11 is 0. The van der Waals surface area contributed by atoms with Crippen LogP contribution in [0.1, 0.15) is 71.4 Å². The molecule has 1 saturated carbocycles. The van der Waals surface area contributed by atoms with E-state index in [1.54, 1.807) is 0 Å². The van der Waals surface area contributed by atoms with Crippen molar-refractivity contribution in [3.63, 3.8) is 0 Å². The Morgan fingerprint density at radius 1 is 0.925 bits per heavy atom. The van der Waals surface area contributed by atoms with Gasteiger partial charge in [0.05, 0.1) is 6.04 Å². The fraction of sp³-hybridized carbons (Fsp3) is 0.333. The highest BCUT2D eigenvalue weighted by Crippen LogP contribution is 2.34. The summed E-state index contributed by atoms with van der Waals surface area (Å²) in [7, 11) is 0. The van der Waals surface area contributed by atoms with Crippen molar-refractivity contribution in [3.8, 4) is 0 Å². The molecule has 2 heterocycles. The van der Waals surface area contributed by atoms with Crippen LogP contribution in [0.25, 0.3) is 10.9 Å². The van der Waals surface area contributed by atoms with Crippen LogP contribution in [0, 0.1) is 13.8 Å². The highest BCUT2D eigenvalue weighted by molar-refractivity contribution is 5.81. The van der Waals surface area contributed by atoms with Gasteiger partial charge in [0.1, 0.15) is 6.04 Å². The third-order valence-electron chi connectivity index (χ3n) is 8.34. The first-order valence-corrected chi connectivity index (χ1v) is 14.3. The number of hydrogen-bond acceptors (Lipinski definition) is 5. The Labute approximate surface area is 234 Å². The minimum atomic E-state index is -0.408. The van der Waals surface area contributed by atoms with Gasteiger partial charge in [0.2, 0.25) is 0 Å². The summed E-state index contributed by atoms with van der Waals surface area (Å²) in [5.41, 5.74) is 6.23. The molecule has 0 aliphatic heterocycles. The molecule has 1 unspecified atom stereocenters. The van der Waals surface area contributed by atoms with Crippen LogP contribution in [0.2, 0.25) is 0 Å². The van der Waals surface area contributed by atoms with E-state index >= 15 is 0 Å². The van der Waals surface area contributed by atoms with Gasteiger partial charge in [-0.1, -0.05) is 73.5 Å². The fourth-order valence-electron chi connectivity index (χ4n) is 6.02. The van der Waals surface area contributed by atoms with Crippen molar-refractivity contribution in [3.05, 3.63) is 123 Å². The lowest BCUT2D eigenvalue weighted by molar-refractivity contribution is 0.201. The second kappa shape index (κ2) is 11.6. The Bertz CT molecular complexity index is 1640. The molecule has 1 N–H and O–H groups in total. The van der Waals surface area contributed by atoms with Gasteiger partial charge in [0.25, 0.3) is 5.56 Å². The van der Waals surface area contributed by atoms with Gasteiger partial charge < -0.3 is 4.98 Å². The standard InChI is InChI=1S/C33H36N6O/c1-23-19-27-21-29(33(40)34-30(27)20-24(23)2)31(32-35-36-37-39(32)28-15-9-10-16-28)38(22-26-13-7-4-8-14-26)18-17-25-11-5-3-6-12-25/h3-8,11-14,19-21,28,31H,9-10,15-18,22H2,1-2H3,(H,34,40). The number of rotatable bonds is 9. The molecular formula is C33H36N6O. The zero-order valence-corrected chi connectivity index (χ0v) is 23.3. The maximum Gasteiger partial charge on any atom is 0.253 e. The molecule has 1 aliphatic rings. The summed E-state index contributed by atoms with van der Waals surface area (Å²) in [5.74, 6) is 0.740. The maximum absolute atomic E-state index is 13.9. The lowest BCUT2D eigenvalue weighted by Gasteiger charge is -2.32. The first-order valence-electron chi connectivity index (χ1n) is 14.3. The zero-order chi connectivity index (χ0) is 27.5. The summed E-state index contributed by atoms with van der Waals surface area (Å²) in [4.78, 5) is 19.4. The number of tetrazole rings is 1. The van der Waals surface area contributed by atoms with Crippen molar-refractivity contribution < 1.29 is 0 Å². The van der Waals surface area contributed by atoms with Gasteiger partial charge in [-0.3, -0.25) is 9.69 Å². The quantitative estimate of drug-likeness (QED) is 0.249. The normalized spacial score (nSPS) is 14.8. The average molecular weight is 533 g/mol. The minimum Gasteiger partial charge on any atom is -0.322 e. The summed E-state index contributed by atoms with van der Waals surface area (Å²) in [6.07, 6.45) is 5.30. The Hall–Kier alpha value is -4.10. The van der Waals surface area contributed by atoms with Crippen LogP contribution in [0.4, 0.5) is 0 Å². The van der Waals surface area contributed by atoms with Crippen LogP contribution in [-0.4, -0.2) is 36.6 Å². The molecule has 0 amide bonds. The molecule has 1 fully saturated rings. The summed E-state index contributed by atoms with van der Waals surface area (Å²) in [6.45, 7) is 5.59. The number of benzene rings is 3. The van der Waals surface area contributed by atoms with Gasteiger partial charge in [0.15, 0.2) is 5.82 Å². The first kappa shape index (κ1) is 26.1. The topological polar surface area (TPSA) is 79.7 Å². The number of hydrogen-bond donors (Lipinski definition) is 1. The molecule has 6 rings (SSSR count). The molecule has 1 aliphatic carbocycles. The van der Waals surface area contributed by atoms with E-state index in [1.807, 2.05) is 16.8 Å². The smallest absolute Gasteiger partial charge is 0.253 e. The van der Waals surface area contributed by atoms with Crippen molar-refractivity contribution in [1.82, 2.24) is 30.1 Å². The molecule has 0 radical (unpaired) electrons. The number of fused-ring (bicyclic) bond motifs is 1. The van der Waals surface area contributed by atoms with E-state index in [4.69, 9.17) is 0 Å². The van der Waals surface area contributed by atoms with Crippen molar-refractivity contribution in [2.24, 2.45) is 0 Å². The molecule has 7 nitrogen and oxygen atoms in total. The monoisotopic (exact) mass is 532 g/mol. The van der Waals surface area contributed by atoms with E-state index in [-0.39, 0.29) is 11.6 Å². The molecule has 0 saturated heterocycles. The lowest BCUT2D eigenvalue weighted by atomic mass is 9.99. The summed E-state index contributed by atoms with van der Waals surface area (Å²) < 4.78 is 2.00. The van der Waals surface area contributed by atoms with Crippen LogP contribution >= 0.6 is 0 Å². The third kappa shape index (κ3) is 5.47. The van der Waals surface area contributed by atoms with Crippen molar-refractivity contribution in [1.29, 1.82) is 0 Å². The third-order valence-corrected chi connectivity index (χ3v) is 8.34. The molecule has 7 heteroatoms. The maximum atomic E-state index is 13.9. The van der Waals surface area contributed by atoms with E-state index in [1.165, 1.54) is 29.5 Å². The molecular weight excluding hydrogens is 496 g/mol. The molecule has 40 heavy (non-hydrogen) atoms. The minimum absolute atomic E-state index is 0.0977. The van der Waals surface area contributed by atoms with Gasteiger partial charge in [-0.05, 0) is 89.4 Å². The van der Waals surface area contributed by atoms with Crippen LogP contribution < -0.4 is 5.56 Å². The number of aryl methyl sites for hydroxylation is 2. The van der Waals surface area contributed by atoms with E-state index in [0.29, 0.717) is 12.1 Å². The van der Waals surface area contributed by atoms with Crippen LogP contribution in [0.5, 0.6) is 0 Å². The first-order chi connectivity index (χ1) is 19.6. The second-order valence-electron chi connectivity index (χ2n) is 11.1. The molecule has 0 bridgehead atoms.